The third kappa shape index (κ3) is 10.7. The Morgan fingerprint density at radius 2 is 0.979 bits per heavy atom. The van der Waals surface area contributed by atoms with Crippen molar-refractivity contribution in [1.82, 2.24) is 9.80 Å². The minimum absolute atomic E-state index is 0.0426. The molecule has 3 N–H and O–H groups in total. The molecular formula is C32H31Br2F6N3O5. The summed E-state index contributed by atoms with van der Waals surface area (Å²) < 4.78 is 78.2. The highest BCUT2D eigenvalue weighted by Crippen LogP contribution is 2.27. The molecule has 0 aromatic heterocycles. The third-order valence-corrected chi connectivity index (χ3v) is 10.2. The van der Waals surface area contributed by atoms with Crippen molar-refractivity contribution < 1.29 is 50.6 Å². The maximum absolute atomic E-state index is 13.1. The van der Waals surface area contributed by atoms with E-state index in [1.54, 1.807) is 4.90 Å². The number of benzene rings is 2. The van der Waals surface area contributed by atoms with Crippen LogP contribution in [0.15, 0.2) is 36.4 Å². The van der Waals surface area contributed by atoms with Crippen LogP contribution in [-0.4, -0.2) is 74.4 Å². The maximum Gasteiger partial charge on any atom is 0.317 e. The average molecular weight is 811 g/mol. The topological polar surface area (TPSA) is 121 Å². The Kier molecular flexibility index (Phi) is 14.3. The zero-order valence-electron chi connectivity index (χ0n) is 25.2. The number of alkyl halides is 2. The number of rotatable bonds is 8. The Morgan fingerprint density at radius 1 is 0.667 bits per heavy atom. The molecule has 2 atom stereocenters. The van der Waals surface area contributed by atoms with Crippen LogP contribution in [0.25, 0.3) is 12.2 Å². The number of piperidine rings is 2. The van der Waals surface area contributed by atoms with Crippen molar-refractivity contribution in [2.45, 2.75) is 35.3 Å². The van der Waals surface area contributed by atoms with Crippen LogP contribution in [0.3, 0.4) is 0 Å². The van der Waals surface area contributed by atoms with E-state index in [0.717, 1.165) is 30.3 Å². The standard InChI is InChI=1S/C16H16BrF3N2O2.C16H15BrF3NO3/c17-14(16(21)24)10-3-5-22(6-4-10)13(23)2-1-9-7-11(18)15(20)12(19)8-9;17-14(16(23)24)10-3-5-21(6-4-10)13(22)2-1-9-7-11(18)15(20)12(19)8-9/h1-2,7-8,10,14H,3-6H2,(H2,21,24);1-2,7-8,10,14H,3-6H2,(H,23,24)/b2*2-1+. The molecule has 3 amide bonds. The van der Waals surface area contributed by atoms with E-state index in [4.69, 9.17) is 10.8 Å². The summed E-state index contributed by atoms with van der Waals surface area (Å²) in [6, 6.07) is 3.24. The van der Waals surface area contributed by atoms with Gasteiger partial charge >= 0.3 is 5.97 Å². The van der Waals surface area contributed by atoms with Gasteiger partial charge in [0.05, 0.1) is 4.83 Å². The Balaban J connectivity index is 0.000000260. The first-order valence-corrected chi connectivity index (χ1v) is 16.5. The second-order valence-corrected chi connectivity index (χ2v) is 13.1. The maximum atomic E-state index is 13.1. The normalized spacial score (nSPS) is 17.2. The zero-order valence-corrected chi connectivity index (χ0v) is 28.3. The van der Waals surface area contributed by atoms with Gasteiger partial charge in [0.15, 0.2) is 34.9 Å². The van der Waals surface area contributed by atoms with Gasteiger partial charge in [0, 0.05) is 38.3 Å². The molecule has 2 fully saturated rings. The van der Waals surface area contributed by atoms with Crippen molar-refractivity contribution >= 4 is 67.7 Å². The van der Waals surface area contributed by atoms with Crippen LogP contribution in [0.2, 0.25) is 0 Å². The summed E-state index contributed by atoms with van der Waals surface area (Å²) in [5.41, 5.74) is 5.34. The second kappa shape index (κ2) is 17.7. The fourth-order valence-corrected chi connectivity index (χ4v) is 6.20. The number of hydrogen-bond donors (Lipinski definition) is 2. The molecule has 0 saturated carbocycles. The lowest BCUT2D eigenvalue weighted by molar-refractivity contribution is -0.137. The first kappa shape index (κ1) is 38.8. The summed E-state index contributed by atoms with van der Waals surface area (Å²) in [6.07, 6.45) is 7.13. The van der Waals surface area contributed by atoms with Gasteiger partial charge in [0.25, 0.3) is 0 Å². The monoisotopic (exact) mass is 809 g/mol. The number of amides is 3. The number of carboxylic acid groups (broad SMARTS) is 1. The summed E-state index contributed by atoms with van der Waals surface area (Å²) in [4.78, 5) is 48.3. The van der Waals surface area contributed by atoms with E-state index in [1.807, 2.05) is 0 Å². The van der Waals surface area contributed by atoms with Crippen LogP contribution >= 0.6 is 31.9 Å². The van der Waals surface area contributed by atoms with E-state index in [-0.39, 0.29) is 34.8 Å². The molecule has 0 aliphatic carbocycles. The number of carboxylic acids is 1. The van der Waals surface area contributed by atoms with E-state index in [0.29, 0.717) is 51.9 Å². The average Bonchev–Trinajstić information content (AvgIpc) is 3.06. The number of hydrogen-bond acceptors (Lipinski definition) is 4. The van der Waals surface area contributed by atoms with Gasteiger partial charge in [0.1, 0.15) is 4.83 Å². The number of aliphatic carboxylic acids is 1. The molecule has 2 aliphatic heterocycles. The number of likely N-dealkylation sites (tertiary alicyclic amines) is 2. The molecule has 0 bridgehead atoms. The lowest BCUT2D eigenvalue weighted by Gasteiger charge is -2.32. The molecule has 0 spiro atoms. The Labute approximate surface area is 288 Å². The fourth-order valence-electron chi connectivity index (χ4n) is 5.15. The Bertz CT molecular complexity index is 1420. The Hall–Kier alpha value is -3.66. The number of nitrogens with two attached hydrogens (primary N) is 1. The lowest BCUT2D eigenvalue weighted by Crippen LogP contribution is -2.42. The molecule has 2 saturated heterocycles. The fraction of sp³-hybridized carbons (Fsp3) is 0.375. The minimum Gasteiger partial charge on any atom is -0.480 e. The smallest absolute Gasteiger partial charge is 0.317 e. The summed E-state index contributed by atoms with van der Waals surface area (Å²) >= 11 is 6.37. The summed E-state index contributed by atoms with van der Waals surface area (Å²) in [7, 11) is 0. The lowest BCUT2D eigenvalue weighted by atomic mass is 9.93. The van der Waals surface area contributed by atoms with Gasteiger partial charge in [-0.2, -0.15) is 0 Å². The van der Waals surface area contributed by atoms with E-state index < -0.39 is 56.4 Å². The third-order valence-electron chi connectivity index (χ3n) is 7.89. The van der Waals surface area contributed by atoms with Gasteiger partial charge < -0.3 is 20.6 Å². The number of carbonyl (C=O) groups excluding carboxylic acids is 3. The van der Waals surface area contributed by atoms with Crippen molar-refractivity contribution in [2.75, 3.05) is 26.2 Å². The number of halogens is 8. The highest BCUT2D eigenvalue weighted by molar-refractivity contribution is 9.10. The van der Waals surface area contributed by atoms with Crippen molar-refractivity contribution in [3.8, 4) is 0 Å². The first-order valence-electron chi connectivity index (χ1n) is 14.6. The number of primary amides is 1. The molecule has 2 aliphatic rings. The molecule has 2 unspecified atom stereocenters. The summed E-state index contributed by atoms with van der Waals surface area (Å²) in [5.74, 6) is -10.4. The zero-order chi connectivity index (χ0) is 35.7. The van der Waals surface area contributed by atoms with E-state index >= 15 is 0 Å². The molecule has 2 aromatic rings. The second-order valence-electron chi connectivity index (χ2n) is 11.1. The van der Waals surface area contributed by atoms with Crippen LogP contribution < -0.4 is 5.73 Å². The summed E-state index contributed by atoms with van der Waals surface area (Å²) in [6.45, 7) is 1.70. The molecule has 0 radical (unpaired) electrons. The largest absolute Gasteiger partial charge is 0.480 e. The highest BCUT2D eigenvalue weighted by atomic mass is 79.9. The molecule has 260 valence electrons. The number of nitrogens with zero attached hydrogens (tertiary/aromatic N) is 2. The molecule has 8 nitrogen and oxygen atoms in total. The highest BCUT2D eigenvalue weighted by Gasteiger charge is 2.31. The van der Waals surface area contributed by atoms with E-state index in [9.17, 15) is 45.5 Å². The SMILES string of the molecule is NC(=O)C(Br)C1CCN(C(=O)/C=C/c2cc(F)c(F)c(F)c2)CC1.O=C(O)C(Br)C1CCN(C(=O)/C=C/c2cc(F)c(F)c(F)c2)CC1. The first-order chi connectivity index (χ1) is 22.6. The van der Waals surface area contributed by atoms with Crippen LogP contribution in [0.5, 0.6) is 0 Å². The number of carbonyl (C=O) groups is 4. The van der Waals surface area contributed by atoms with Gasteiger partial charge in [-0.3, -0.25) is 19.2 Å². The van der Waals surface area contributed by atoms with Crippen molar-refractivity contribution in [2.24, 2.45) is 17.6 Å². The Morgan fingerprint density at radius 3 is 1.27 bits per heavy atom. The van der Waals surface area contributed by atoms with Gasteiger partial charge in [-0.15, -0.1) is 0 Å². The van der Waals surface area contributed by atoms with Gasteiger partial charge in [-0.05, 0) is 85.1 Å². The van der Waals surface area contributed by atoms with E-state index in [2.05, 4.69) is 31.9 Å². The van der Waals surface area contributed by atoms with Crippen molar-refractivity contribution in [3.63, 3.8) is 0 Å². The molecule has 2 heterocycles. The van der Waals surface area contributed by atoms with Gasteiger partial charge in [-0.25, -0.2) is 26.3 Å². The quantitative estimate of drug-likeness (QED) is 0.151. The summed E-state index contributed by atoms with van der Waals surface area (Å²) in [5, 5.41) is 8.96. The molecule has 2 aromatic carbocycles. The molecular weight excluding hydrogens is 780 g/mol. The molecule has 4 rings (SSSR count). The molecule has 16 heteroatoms. The van der Waals surface area contributed by atoms with Crippen LogP contribution in [-0.2, 0) is 19.2 Å². The van der Waals surface area contributed by atoms with Crippen LogP contribution in [0.1, 0.15) is 36.8 Å². The van der Waals surface area contributed by atoms with E-state index in [1.165, 1.54) is 23.1 Å². The van der Waals surface area contributed by atoms with Gasteiger partial charge in [-0.1, -0.05) is 31.9 Å². The predicted molar refractivity (Wildman–Crippen MR) is 172 cm³/mol. The molecule has 48 heavy (non-hydrogen) atoms. The predicted octanol–water partition coefficient (Wildman–Crippen LogP) is 5.81. The van der Waals surface area contributed by atoms with Gasteiger partial charge in [0.2, 0.25) is 17.7 Å². The minimum atomic E-state index is -1.55. The van der Waals surface area contributed by atoms with Crippen molar-refractivity contribution in [3.05, 3.63) is 82.4 Å². The van der Waals surface area contributed by atoms with Crippen LogP contribution in [0.4, 0.5) is 26.3 Å². The van der Waals surface area contributed by atoms with Crippen molar-refractivity contribution in [1.29, 1.82) is 0 Å². The van der Waals surface area contributed by atoms with Crippen LogP contribution in [0, 0.1) is 46.7 Å².